The van der Waals surface area contributed by atoms with Gasteiger partial charge in [0.15, 0.2) is 0 Å². The molecule has 7 heteroatoms. The van der Waals surface area contributed by atoms with Gasteiger partial charge in [0.1, 0.15) is 11.5 Å². The van der Waals surface area contributed by atoms with Gasteiger partial charge in [-0.1, -0.05) is 11.8 Å². The maximum Gasteiger partial charge on any atom is 0.203 e. The maximum atomic E-state index is 5.41. The molecule has 0 aliphatic rings. The monoisotopic (exact) mass is 384 g/mol. The molecule has 2 aromatic carbocycles. The van der Waals surface area contributed by atoms with Crippen molar-refractivity contribution in [2.75, 3.05) is 19.5 Å². The number of nitrogens with zero attached hydrogens (tertiary/aromatic N) is 3. The van der Waals surface area contributed by atoms with E-state index in [1.807, 2.05) is 68.6 Å². The number of thioether (sulfide) groups is 1. The van der Waals surface area contributed by atoms with Crippen molar-refractivity contribution >= 4 is 29.4 Å². The fourth-order valence-electron chi connectivity index (χ4n) is 2.05. The average molecular weight is 385 g/mol. The average Bonchev–Trinajstić information content (AvgIpc) is 2.70. The molecule has 2 rings (SSSR count). The lowest BCUT2D eigenvalue weighted by molar-refractivity contribution is 0.340. The Morgan fingerprint density at radius 2 is 1.41 bits per heavy atom. The van der Waals surface area contributed by atoms with Gasteiger partial charge in [0, 0.05) is 0 Å². The van der Waals surface area contributed by atoms with E-state index in [9.17, 15) is 0 Å². The first-order valence-electron chi connectivity index (χ1n) is 8.65. The number of benzene rings is 2. The largest absolute Gasteiger partial charge is 0.494 e. The van der Waals surface area contributed by atoms with E-state index >= 15 is 0 Å². The first kappa shape index (κ1) is 20.5. The van der Waals surface area contributed by atoms with Gasteiger partial charge in [-0.2, -0.15) is 10.2 Å². The van der Waals surface area contributed by atoms with Gasteiger partial charge >= 0.3 is 0 Å². The molecule has 0 amide bonds. The predicted molar refractivity (Wildman–Crippen MR) is 114 cm³/mol. The van der Waals surface area contributed by atoms with E-state index in [-0.39, 0.29) is 0 Å². The van der Waals surface area contributed by atoms with Crippen LogP contribution in [0.15, 0.2) is 63.8 Å². The van der Waals surface area contributed by atoms with Crippen molar-refractivity contribution in [3.05, 3.63) is 59.7 Å². The summed E-state index contributed by atoms with van der Waals surface area (Å²) in [6, 6.07) is 15.4. The molecule has 142 valence electrons. The molecule has 0 aromatic heterocycles. The van der Waals surface area contributed by atoms with E-state index in [2.05, 4.69) is 20.7 Å². The lowest BCUT2D eigenvalue weighted by atomic mass is 10.2. The third kappa shape index (κ3) is 7.53. The van der Waals surface area contributed by atoms with Crippen LogP contribution in [0.3, 0.4) is 0 Å². The van der Waals surface area contributed by atoms with Crippen LogP contribution in [-0.4, -0.2) is 37.1 Å². The second-order valence-electron chi connectivity index (χ2n) is 5.23. The first-order chi connectivity index (χ1) is 13.2. The Hall–Kier alpha value is -2.80. The maximum absolute atomic E-state index is 5.41. The van der Waals surface area contributed by atoms with Gasteiger partial charge in [-0.05, 0) is 79.8 Å². The molecule has 0 spiro atoms. The Bertz CT molecular complexity index is 772. The zero-order valence-corrected chi connectivity index (χ0v) is 16.6. The van der Waals surface area contributed by atoms with Crippen LogP contribution in [0.25, 0.3) is 0 Å². The molecule has 27 heavy (non-hydrogen) atoms. The summed E-state index contributed by atoms with van der Waals surface area (Å²) < 4.78 is 10.8. The molecule has 0 unspecified atom stereocenters. The first-order valence-corrected chi connectivity index (χ1v) is 9.87. The van der Waals surface area contributed by atoms with E-state index in [1.54, 1.807) is 12.4 Å². The molecule has 0 heterocycles. The summed E-state index contributed by atoms with van der Waals surface area (Å²) in [5.74, 6) is 1.69. The van der Waals surface area contributed by atoms with E-state index in [0.29, 0.717) is 18.4 Å². The third-order valence-corrected chi connectivity index (χ3v) is 3.86. The highest BCUT2D eigenvalue weighted by Gasteiger charge is 1.95. The van der Waals surface area contributed by atoms with Crippen LogP contribution >= 0.6 is 11.8 Å². The second-order valence-corrected chi connectivity index (χ2v) is 6.02. The second kappa shape index (κ2) is 11.7. The van der Waals surface area contributed by atoms with Crippen LogP contribution in [0.5, 0.6) is 11.5 Å². The Balaban J connectivity index is 1.89. The zero-order valence-electron chi connectivity index (χ0n) is 15.8. The quantitative estimate of drug-likeness (QED) is 0.422. The minimum absolute atomic E-state index is 0.597. The van der Waals surface area contributed by atoms with Crippen molar-refractivity contribution in [1.29, 1.82) is 0 Å². The summed E-state index contributed by atoms with van der Waals surface area (Å²) in [6.45, 7) is 5.22. The number of hydrogen-bond acceptors (Lipinski definition) is 6. The van der Waals surface area contributed by atoms with Gasteiger partial charge in [0.05, 0.1) is 25.6 Å². The van der Waals surface area contributed by atoms with E-state index in [1.165, 1.54) is 11.8 Å². The minimum Gasteiger partial charge on any atom is -0.494 e. The number of hydrazone groups is 1. The van der Waals surface area contributed by atoms with Crippen molar-refractivity contribution in [3.63, 3.8) is 0 Å². The molecular weight excluding hydrogens is 360 g/mol. The summed E-state index contributed by atoms with van der Waals surface area (Å²) in [7, 11) is 0. The molecule has 0 bridgehead atoms. The van der Waals surface area contributed by atoms with Crippen molar-refractivity contribution in [2.24, 2.45) is 15.3 Å². The fraction of sp³-hybridized carbons (Fsp3) is 0.250. The molecule has 0 fully saturated rings. The van der Waals surface area contributed by atoms with Crippen LogP contribution in [0, 0.1) is 0 Å². The number of amidine groups is 1. The van der Waals surface area contributed by atoms with Gasteiger partial charge in [-0.15, -0.1) is 5.10 Å². The molecule has 0 saturated heterocycles. The summed E-state index contributed by atoms with van der Waals surface area (Å²) in [5, 5.41) is 13.0. The molecular formula is C20H24N4O2S. The smallest absolute Gasteiger partial charge is 0.203 e. The highest BCUT2D eigenvalue weighted by molar-refractivity contribution is 8.13. The fourth-order valence-corrected chi connectivity index (χ4v) is 2.33. The van der Waals surface area contributed by atoms with Crippen LogP contribution in [0.1, 0.15) is 25.0 Å². The Kier molecular flexibility index (Phi) is 8.92. The lowest BCUT2D eigenvalue weighted by Crippen LogP contribution is -2.13. The van der Waals surface area contributed by atoms with Crippen LogP contribution in [-0.2, 0) is 0 Å². The van der Waals surface area contributed by atoms with Gasteiger partial charge in [-0.25, -0.2) is 0 Å². The van der Waals surface area contributed by atoms with Crippen molar-refractivity contribution in [3.8, 4) is 11.5 Å². The minimum atomic E-state index is 0.597. The lowest BCUT2D eigenvalue weighted by Gasteiger charge is -2.02. The molecule has 2 aromatic rings. The number of rotatable bonds is 8. The summed E-state index contributed by atoms with van der Waals surface area (Å²) in [6.07, 6.45) is 5.31. The van der Waals surface area contributed by atoms with Gasteiger partial charge in [0.25, 0.3) is 0 Å². The SMILES string of the molecule is CCOc1ccc(/C=N/N=C(\N/N=C/c2ccc(OCC)cc2)SC)cc1. The van der Waals surface area contributed by atoms with E-state index in [0.717, 1.165) is 22.6 Å². The Morgan fingerprint density at radius 3 is 1.89 bits per heavy atom. The predicted octanol–water partition coefficient (Wildman–Crippen LogP) is 4.16. The zero-order chi connectivity index (χ0) is 19.3. The third-order valence-electron chi connectivity index (χ3n) is 3.30. The normalized spacial score (nSPS) is 11.9. The van der Waals surface area contributed by atoms with Gasteiger partial charge in [0.2, 0.25) is 5.17 Å². The topological polar surface area (TPSA) is 67.6 Å². The standard InChI is InChI=1S/C20H24N4O2S/c1-4-25-18-10-6-16(7-11-18)14-21-23-20(27-3)24-22-15-17-8-12-19(13-9-17)26-5-2/h6-15H,4-5H2,1-3H3,(H,23,24)/b21-14+,22-15+. The number of hydrogen-bond donors (Lipinski definition) is 1. The molecule has 0 saturated carbocycles. The van der Waals surface area contributed by atoms with Gasteiger partial charge < -0.3 is 9.47 Å². The summed E-state index contributed by atoms with van der Waals surface area (Å²) >= 11 is 1.43. The molecule has 6 nitrogen and oxygen atoms in total. The van der Waals surface area contributed by atoms with E-state index < -0.39 is 0 Å². The molecule has 0 aliphatic heterocycles. The molecule has 0 atom stereocenters. The van der Waals surface area contributed by atoms with Crippen LogP contribution in [0.2, 0.25) is 0 Å². The molecule has 1 N–H and O–H groups in total. The van der Waals surface area contributed by atoms with Gasteiger partial charge in [-0.3, -0.25) is 5.43 Å². The molecule has 0 aliphatic carbocycles. The van der Waals surface area contributed by atoms with Crippen molar-refractivity contribution < 1.29 is 9.47 Å². The van der Waals surface area contributed by atoms with Crippen LogP contribution < -0.4 is 14.9 Å². The number of nitrogens with one attached hydrogen (secondary N) is 1. The number of ether oxygens (including phenoxy) is 2. The molecule has 0 radical (unpaired) electrons. The van der Waals surface area contributed by atoms with Crippen molar-refractivity contribution in [2.45, 2.75) is 13.8 Å². The highest BCUT2D eigenvalue weighted by Crippen LogP contribution is 2.11. The summed E-state index contributed by atoms with van der Waals surface area (Å²) in [4.78, 5) is 0. The Morgan fingerprint density at radius 1 is 0.889 bits per heavy atom. The summed E-state index contributed by atoms with van der Waals surface area (Å²) in [5.41, 5.74) is 4.79. The van der Waals surface area contributed by atoms with Crippen LogP contribution in [0.4, 0.5) is 0 Å². The highest BCUT2D eigenvalue weighted by atomic mass is 32.2. The van der Waals surface area contributed by atoms with Crippen molar-refractivity contribution in [1.82, 2.24) is 5.43 Å². The Labute approximate surface area is 164 Å². The van der Waals surface area contributed by atoms with E-state index in [4.69, 9.17) is 9.47 Å².